The van der Waals surface area contributed by atoms with Crippen LogP contribution in [0, 0.1) is 17.2 Å². The number of aromatic nitrogens is 1. The summed E-state index contributed by atoms with van der Waals surface area (Å²) in [5.41, 5.74) is 10.2. The Morgan fingerprint density at radius 3 is 2.62 bits per heavy atom. The molecule has 0 unspecified atom stereocenters. The SMILES string of the molecule is CC(C)CN(C(N)=O)C(=O)c1cc2cc(N3CCN(CCCCc4c[nH]c5ccc(C#N)cc45)CC3)ccc2o1. The second-order valence-corrected chi connectivity index (χ2v) is 11.0. The minimum absolute atomic E-state index is 0.101. The van der Waals surface area contributed by atoms with Gasteiger partial charge in [0.25, 0.3) is 5.91 Å². The smallest absolute Gasteiger partial charge is 0.321 e. The molecular weight excluding hydrogens is 504 g/mol. The third-order valence-corrected chi connectivity index (χ3v) is 7.57. The van der Waals surface area contributed by atoms with Gasteiger partial charge in [-0.05, 0) is 79.8 Å². The lowest BCUT2D eigenvalue weighted by Crippen LogP contribution is -2.46. The van der Waals surface area contributed by atoms with E-state index >= 15 is 0 Å². The molecule has 3 amide bonds. The molecule has 0 spiro atoms. The highest BCUT2D eigenvalue weighted by Gasteiger charge is 2.25. The van der Waals surface area contributed by atoms with Crippen LogP contribution < -0.4 is 10.6 Å². The van der Waals surface area contributed by atoms with Crippen molar-refractivity contribution < 1.29 is 14.0 Å². The number of furan rings is 1. The van der Waals surface area contributed by atoms with Gasteiger partial charge in [-0.15, -0.1) is 0 Å². The molecule has 0 saturated carbocycles. The predicted octanol–water partition coefficient (Wildman–Crippen LogP) is 5.11. The van der Waals surface area contributed by atoms with Crippen molar-refractivity contribution in [3.8, 4) is 6.07 Å². The van der Waals surface area contributed by atoms with E-state index in [0.29, 0.717) is 11.1 Å². The number of aryl methyl sites for hydroxylation is 1. The number of hydrogen-bond donors (Lipinski definition) is 2. The summed E-state index contributed by atoms with van der Waals surface area (Å²) >= 11 is 0. The van der Waals surface area contributed by atoms with Gasteiger partial charge in [0.15, 0.2) is 5.76 Å². The first-order valence-corrected chi connectivity index (χ1v) is 13.9. The molecule has 9 heteroatoms. The molecule has 1 aliphatic rings. The van der Waals surface area contributed by atoms with E-state index in [0.717, 1.165) is 78.9 Å². The summed E-state index contributed by atoms with van der Waals surface area (Å²) in [5.74, 6) is -0.289. The number of aromatic amines is 1. The molecule has 2 aromatic heterocycles. The fourth-order valence-corrected chi connectivity index (χ4v) is 5.44. The number of imide groups is 1. The van der Waals surface area contributed by atoms with E-state index in [9.17, 15) is 14.9 Å². The number of nitriles is 1. The second-order valence-electron chi connectivity index (χ2n) is 11.0. The van der Waals surface area contributed by atoms with Crippen molar-refractivity contribution in [2.24, 2.45) is 11.7 Å². The van der Waals surface area contributed by atoms with E-state index in [1.165, 1.54) is 5.56 Å². The zero-order valence-corrected chi connectivity index (χ0v) is 23.2. The lowest BCUT2D eigenvalue weighted by atomic mass is 10.1. The van der Waals surface area contributed by atoms with Gasteiger partial charge in [0, 0.05) is 60.9 Å². The average Bonchev–Trinajstić information content (AvgIpc) is 3.57. The van der Waals surface area contributed by atoms with Gasteiger partial charge in [-0.1, -0.05) is 13.8 Å². The number of H-pyrrole nitrogens is 1. The van der Waals surface area contributed by atoms with Crippen LogP contribution >= 0.6 is 0 Å². The number of fused-ring (bicyclic) bond motifs is 2. The van der Waals surface area contributed by atoms with Crippen LogP contribution in [0.15, 0.2) is 53.1 Å². The molecule has 9 nitrogen and oxygen atoms in total. The molecule has 1 aliphatic heterocycles. The van der Waals surface area contributed by atoms with Crippen LogP contribution in [0.25, 0.3) is 21.9 Å². The topological polar surface area (TPSA) is 123 Å². The monoisotopic (exact) mass is 540 g/mol. The highest BCUT2D eigenvalue weighted by molar-refractivity contribution is 6.04. The zero-order chi connectivity index (χ0) is 28.2. The predicted molar refractivity (Wildman–Crippen MR) is 156 cm³/mol. The van der Waals surface area contributed by atoms with Gasteiger partial charge in [-0.25, -0.2) is 4.79 Å². The molecule has 0 bridgehead atoms. The lowest BCUT2D eigenvalue weighted by Gasteiger charge is -2.36. The van der Waals surface area contributed by atoms with Crippen molar-refractivity contribution in [2.75, 3.05) is 44.2 Å². The van der Waals surface area contributed by atoms with Crippen LogP contribution in [0.4, 0.5) is 10.5 Å². The van der Waals surface area contributed by atoms with E-state index in [4.69, 9.17) is 10.2 Å². The van der Waals surface area contributed by atoms with Gasteiger partial charge in [-0.3, -0.25) is 14.6 Å². The maximum Gasteiger partial charge on any atom is 0.321 e. The Kier molecular flexibility index (Phi) is 8.08. The Labute approximate surface area is 234 Å². The van der Waals surface area contributed by atoms with Crippen molar-refractivity contribution in [1.29, 1.82) is 5.26 Å². The maximum absolute atomic E-state index is 12.9. The van der Waals surface area contributed by atoms with Crippen molar-refractivity contribution in [3.05, 3.63) is 65.5 Å². The number of urea groups is 1. The second kappa shape index (κ2) is 11.8. The van der Waals surface area contributed by atoms with Crippen molar-refractivity contribution in [2.45, 2.75) is 33.1 Å². The van der Waals surface area contributed by atoms with E-state index in [2.05, 4.69) is 27.0 Å². The molecule has 0 radical (unpaired) electrons. The van der Waals surface area contributed by atoms with Gasteiger partial charge in [-0.2, -0.15) is 5.26 Å². The van der Waals surface area contributed by atoms with Crippen molar-refractivity contribution in [3.63, 3.8) is 0 Å². The Balaban J connectivity index is 1.13. The van der Waals surface area contributed by atoms with E-state index in [1.54, 1.807) is 6.07 Å². The van der Waals surface area contributed by atoms with Gasteiger partial charge >= 0.3 is 6.03 Å². The quantitative estimate of drug-likeness (QED) is 0.285. The minimum atomic E-state index is -0.773. The number of carbonyl (C=O) groups excluding carboxylic acids is 2. The number of benzene rings is 2. The van der Waals surface area contributed by atoms with Crippen LogP contribution in [0.3, 0.4) is 0 Å². The molecule has 2 aromatic carbocycles. The largest absolute Gasteiger partial charge is 0.451 e. The molecule has 1 fully saturated rings. The Morgan fingerprint density at radius 1 is 1.10 bits per heavy atom. The molecule has 1 saturated heterocycles. The molecule has 3 N–H and O–H groups in total. The van der Waals surface area contributed by atoms with Gasteiger partial charge in [0.05, 0.1) is 11.6 Å². The van der Waals surface area contributed by atoms with Gasteiger partial charge in [0.2, 0.25) is 0 Å². The summed E-state index contributed by atoms with van der Waals surface area (Å²) in [5, 5.41) is 11.2. The van der Waals surface area contributed by atoms with Crippen molar-refractivity contribution >= 4 is 39.5 Å². The molecular formula is C31H36N6O3. The minimum Gasteiger partial charge on any atom is -0.451 e. The number of rotatable bonds is 9. The highest BCUT2D eigenvalue weighted by Crippen LogP contribution is 2.27. The third-order valence-electron chi connectivity index (χ3n) is 7.57. The number of nitrogens with zero attached hydrogens (tertiary/aromatic N) is 4. The first kappa shape index (κ1) is 27.3. The summed E-state index contributed by atoms with van der Waals surface area (Å²) in [4.78, 5) is 33.9. The number of carbonyl (C=O) groups is 2. The summed E-state index contributed by atoms with van der Waals surface area (Å²) in [7, 11) is 0. The number of nitrogens with one attached hydrogen (secondary N) is 1. The number of nitrogens with two attached hydrogens (primary N) is 1. The normalized spacial score (nSPS) is 14.2. The van der Waals surface area contributed by atoms with E-state index in [1.807, 2.05) is 50.2 Å². The van der Waals surface area contributed by atoms with Crippen LogP contribution in [0.1, 0.15) is 48.4 Å². The average molecular weight is 541 g/mol. The van der Waals surface area contributed by atoms with Crippen LogP contribution in [-0.4, -0.2) is 66.0 Å². The Morgan fingerprint density at radius 2 is 1.90 bits per heavy atom. The number of anilines is 1. The Bertz CT molecular complexity index is 1550. The zero-order valence-electron chi connectivity index (χ0n) is 23.2. The standard InChI is InChI=1S/C31H36N6O3/c1-21(2)20-37(31(33)39)30(38)29-17-24-16-25(7-9-28(24)40-29)36-13-11-35(12-14-36)10-4-3-5-23-19-34-27-8-6-22(18-32)15-26(23)27/h6-9,15-17,19,21,34H,3-5,10-14,20H2,1-2H3,(H2,33,39). The fourth-order valence-electron chi connectivity index (χ4n) is 5.44. The molecule has 3 heterocycles. The van der Waals surface area contributed by atoms with Gasteiger partial charge in [0.1, 0.15) is 5.58 Å². The van der Waals surface area contributed by atoms with Crippen LogP contribution in [-0.2, 0) is 6.42 Å². The summed E-state index contributed by atoms with van der Waals surface area (Å²) in [6, 6.07) is 14.9. The van der Waals surface area contributed by atoms with Gasteiger partial charge < -0.3 is 20.0 Å². The molecule has 40 heavy (non-hydrogen) atoms. The van der Waals surface area contributed by atoms with E-state index in [-0.39, 0.29) is 18.2 Å². The summed E-state index contributed by atoms with van der Waals surface area (Å²) < 4.78 is 5.78. The summed E-state index contributed by atoms with van der Waals surface area (Å²) in [6.07, 6.45) is 5.30. The lowest BCUT2D eigenvalue weighted by molar-refractivity contribution is 0.0765. The maximum atomic E-state index is 12.9. The number of unbranched alkanes of at least 4 members (excludes halogenated alkanes) is 1. The molecule has 0 atom stereocenters. The third kappa shape index (κ3) is 5.97. The Hall–Kier alpha value is -4.29. The first-order chi connectivity index (χ1) is 19.3. The molecule has 4 aromatic rings. The van der Waals surface area contributed by atoms with Crippen molar-refractivity contribution in [1.82, 2.24) is 14.8 Å². The summed E-state index contributed by atoms with van der Waals surface area (Å²) in [6.45, 7) is 9.00. The molecule has 5 rings (SSSR count). The highest BCUT2D eigenvalue weighted by atomic mass is 16.3. The molecule has 208 valence electrons. The molecule has 0 aliphatic carbocycles. The van der Waals surface area contributed by atoms with E-state index < -0.39 is 11.9 Å². The first-order valence-electron chi connectivity index (χ1n) is 13.9. The number of piperazine rings is 1. The van der Waals surface area contributed by atoms with Crippen LogP contribution in [0.5, 0.6) is 0 Å². The number of primary amides is 1. The number of amides is 3. The number of hydrogen-bond acceptors (Lipinski definition) is 6. The fraction of sp³-hybridized carbons (Fsp3) is 0.387. The van der Waals surface area contributed by atoms with Crippen LogP contribution in [0.2, 0.25) is 0 Å².